The van der Waals surface area contributed by atoms with Crippen LogP contribution in [0.4, 0.5) is 5.69 Å². The van der Waals surface area contributed by atoms with Crippen molar-refractivity contribution in [3.63, 3.8) is 0 Å². The molecule has 102 valence electrons. The fourth-order valence-corrected chi connectivity index (χ4v) is 2.51. The van der Waals surface area contributed by atoms with Gasteiger partial charge in [-0.05, 0) is 24.6 Å². The first-order chi connectivity index (χ1) is 9.08. The predicted octanol–water partition coefficient (Wildman–Crippen LogP) is 1.40. The summed E-state index contributed by atoms with van der Waals surface area (Å²) in [6, 6.07) is 10.8. The molecule has 1 N–H and O–H groups in total. The molecule has 0 spiro atoms. The van der Waals surface area contributed by atoms with Crippen molar-refractivity contribution in [3.05, 3.63) is 29.8 Å². The fourth-order valence-electron chi connectivity index (χ4n) is 2.51. The summed E-state index contributed by atoms with van der Waals surface area (Å²) in [7, 11) is 4.05. The van der Waals surface area contributed by atoms with Crippen molar-refractivity contribution >= 4 is 5.69 Å². The molecule has 19 heavy (non-hydrogen) atoms. The molecule has 1 aromatic carbocycles. The highest BCUT2D eigenvalue weighted by molar-refractivity contribution is 5.48. The summed E-state index contributed by atoms with van der Waals surface area (Å²) in [5, 5.41) is 13.0. The molecule has 1 heterocycles. The first-order valence-electron chi connectivity index (χ1n) is 6.73. The minimum Gasteiger partial charge on any atom is -0.378 e. The summed E-state index contributed by atoms with van der Waals surface area (Å²) in [4.78, 5) is 4.33. The number of nitriles is 1. The lowest BCUT2D eigenvalue weighted by molar-refractivity contribution is 0.132. The molecular weight excluding hydrogens is 236 g/mol. The molecule has 1 atom stereocenters. The van der Waals surface area contributed by atoms with E-state index >= 15 is 0 Å². The molecule has 0 aromatic heterocycles. The van der Waals surface area contributed by atoms with Crippen molar-refractivity contribution in [2.45, 2.75) is 12.5 Å². The van der Waals surface area contributed by atoms with Crippen LogP contribution in [0.1, 0.15) is 12.5 Å². The highest BCUT2D eigenvalue weighted by atomic mass is 15.2. The van der Waals surface area contributed by atoms with Crippen LogP contribution >= 0.6 is 0 Å². The maximum atomic E-state index is 9.65. The van der Waals surface area contributed by atoms with Crippen LogP contribution in [0.25, 0.3) is 0 Å². The average molecular weight is 258 g/mol. The van der Waals surface area contributed by atoms with Crippen LogP contribution in [-0.4, -0.2) is 45.2 Å². The van der Waals surface area contributed by atoms with Gasteiger partial charge in [-0.2, -0.15) is 5.26 Å². The van der Waals surface area contributed by atoms with E-state index in [2.05, 4.69) is 45.5 Å². The van der Waals surface area contributed by atoms with Crippen LogP contribution in [-0.2, 0) is 5.54 Å². The van der Waals surface area contributed by atoms with Crippen molar-refractivity contribution in [2.24, 2.45) is 0 Å². The van der Waals surface area contributed by atoms with Crippen LogP contribution < -0.4 is 10.2 Å². The van der Waals surface area contributed by atoms with E-state index < -0.39 is 5.54 Å². The van der Waals surface area contributed by atoms with E-state index in [1.807, 2.05) is 21.0 Å². The molecule has 1 saturated heterocycles. The maximum absolute atomic E-state index is 9.65. The maximum Gasteiger partial charge on any atom is 0.132 e. The van der Waals surface area contributed by atoms with Gasteiger partial charge < -0.3 is 10.2 Å². The zero-order valence-corrected chi connectivity index (χ0v) is 12.0. The van der Waals surface area contributed by atoms with Crippen molar-refractivity contribution in [3.8, 4) is 6.07 Å². The second-order valence-electron chi connectivity index (χ2n) is 5.36. The van der Waals surface area contributed by atoms with E-state index in [4.69, 9.17) is 0 Å². The number of benzene rings is 1. The van der Waals surface area contributed by atoms with Crippen LogP contribution in [0.3, 0.4) is 0 Å². The lowest BCUT2D eigenvalue weighted by atomic mass is 9.90. The van der Waals surface area contributed by atoms with Crippen molar-refractivity contribution < 1.29 is 0 Å². The van der Waals surface area contributed by atoms with Gasteiger partial charge in [0, 0.05) is 46.0 Å². The van der Waals surface area contributed by atoms with E-state index in [-0.39, 0.29) is 0 Å². The Hall–Kier alpha value is -1.57. The zero-order valence-electron chi connectivity index (χ0n) is 12.0. The van der Waals surface area contributed by atoms with Gasteiger partial charge >= 0.3 is 0 Å². The molecule has 4 heteroatoms. The quantitative estimate of drug-likeness (QED) is 0.890. The minimum atomic E-state index is -0.535. The first kappa shape index (κ1) is 13.9. The number of rotatable bonds is 3. The minimum absolute atomic E-state index is 0.535. The van der Waals surface area contributed by atoms with Gasteiger partial charge in [0.1, 0.15) is 5.54 Å². The summed E-state index contributed by atoms with van der Waals surface area (Å²) in [6.07, 6.45) is 0. The second-order valence-corrected chi connectivity index (χ2v) is 5.36. The number of piperazine rings is 1. The average Bonchev–Trinajstić information content (AvgIpc) is 2.47. The molecule has 0 amide bonds. The monoisotopic (exact) mass is 258 g/mol. The van der Waals surface area contributed by atoms with Crippen LogP contribution in [0, 0.1) is 11.3 Å². The number of anilines is 1. The van der Waals surface area contributed by atoms with Crippen molar-refractivity contribution in [1.82, 2.24) is 10.2 Å². The molecule has 1 unspecified atom stereocenters. The standard InChI is InChI=1S/C15H22N4/c1-15(12-16,19-10-8-17-9-11-19)13-4-6-14(7-5-13)18(2)3/h4-7,17H,8-11H2,1-3H3. The third-order valence-corrected chi connectivity index (χ3v) is 3.91. The molecule has 1 aliphatic rings. The summed E-state index contributed by atoms with van der Waals surface area (Å²) < 4.78 is 0. The molecule has 1 fully saturated rings. The molecule has 0 aliphatic carbocycles. The number of nitrogens with zero attached hydrogens (tertiary/aromatic N) is 3. The summed E-state index contributed by atoms with van der Waals surface area (Å²) in [5.41, 5.74) is 1.69. The number of hydrogen-bond acceptors (Lipinski definition) is 4. The Bertz CT molecular complexity index is 454. The fraction of sp³-hybridized carbons (Fsp3) is 0.533. The number of hydrogen-bond donors (Lipinski definition) is 1. The second kappa shape index (κ2) is 5.60. The van der Waals surface area contributed by atoms with Gasteiger partial charge in [0.15, 0.2) is 0 Å². The third-order valence-electron chi connectivity index (χ3n) is 3.91. The first-order valence-corrected chi connectivity index (χ1v) is 6.73. The highest BCUT2D eigenvalue weighted by Gasteiger charge is 2.34. The van der Waals surface area contributed by atoms with E-state index in [0.29, 0.717) is 0 Å². The normalized spacial score (nSPS) is 19.5. The van der Waals surface area contributed by atoms with Crippen LogP contribution in [0.15, 0.2) is 24.3 Å². The van der Waals surface area contributed by atoms with Gasteiger partial charge in [0.2, 0.25) is 0 Å². The Labute approximate surface area is 115 Å². The smallest absolute Gasteiger partial charge is 0.132 e. The Kier molecular flexibility index (Phi) is 4.08. The van der Waals surface area contributed by atoms with Gasteiger partial charge in [-0.25, -0.2) is 0 Å². The molecule has 1 aromatic rings. The zero-order chi connectivity index (χ0) is 13.9. The summed E-state index contributed by atoms with van der Waals surface area (Å²) in [5.74, 6) is 0. The van der Waals surface area contributed by atoms with Gasteiger partial charge in [-0.3, -0.25) is 4.90 Å². The lowest BCUT2D eigenvalue weighted by Gasteiger charge is -2.39. The summed E-state index contributed by atoms with van der Waals surface area (Å²) in [6.45, 7) is 5.75. The summed E-state index contributed by atoms with van der Waals surface area (Å²) >= 11 is 0. The molecule has 2 rings (SSSR count). The molecule has 1 aliphatic heterocycles. The number of nitrogens with one attached hydrogen (secondary N) is 1. The lowest BCUT2D eigenvalue weighted by Crippen LogP contribution is -2.52. The highest BCUT2D eigenvalue weighted by Crippen LogP contribution is 2.29. The Morgan fingerprint density at radius 1 is 1.21 bits per heavy atom. The van der Waals surface area contributed by atoms with Gasteiger partial charge in [-0.15, -0.1) is 0 Å². The molecule has 0 saturated carbocycles. The van der Waals surface area contributed by atoms with Crippen molar-refractivity contribution in [1.29, 1.82) is 5.26 Å². The molecular formula is C15H22N4. The van der Waals surface area contributed by atoms with Crippen LogP contribution in [0.2, 0.25) is 0 Å². The van der Waals surface area contributed by atoms with Gasteiger partial charge in [-0.1, -0.05) is 12.1 Å². The molecule has 4 nitrogen and oxygen atoms in total. The van der Waals surface area contributed by atoms with E-state index in [1.54, 1.807) is 0 Å². The Morgan fingerprint density at radius 2 is 1.79 bits per heavy atom. The van der Waals surface area contributed by atoms with E-state index in [0.717, 1.165) is 37.4 Å². The molecule has 0 radical (unpaired) electrons. The van der Waals surface area contributed by atoms with Gasteiger partial charge in [0.25, 0.3) is 0 Å². The Balaban J connectivity index is 2.27. The van der Waals surface area contributed by atoms with E-state index in [1.165, 1.54) is 0 Å². The van der Waals surface area contributed by atoms with Crippen LogP contribution in [0.5, 0.6) is 0 Å². The Morgan fingerprint density at radius 3 is 2.26 bits per heavy atom. The SMILES string of the molecule is CN(C)c1ccc(C(C)(C#N)N2CCNCC2)cc1. The third kappa shape index (κ3) is 2.73. The van der Waals surface area contributed by atoms with Gasteiger partial charge in [0.05, 0.1) is 6.07 Å². The largest absolute Gasteiger partial charge is 0.378 e. The van der Waals surface area contributed by atoms with Crippen molar-refractivity contribution in [2.75, 3.05) is 45.2 Å². The topological polar surface area (TPSA) is 42.3 Å². The molecule has 0 bridgehead atoms. The van der Waals surface area contributed by atoms with E-state index in [9.17, 15) is 5.26 Å². The predicted molar refractivity (Wildman–Crippen MR) is 78.2 cm³/mol.